The summed E-state index contributed by atoms with van der Waals surface area (Å²) < 4.78 is 0. The lowest BCUT2D eigenvalue weighted by Crippen LogP contribution is -2.32. The van der Waals surface area contributed by atoms with Gasteiger partial charge in [-0.05, 0) is 43.7 Å². The molecule has 0 atom stereocenters. The minimum atomic E-state index is -0.458. The minimum absolute atomic E-state index is 0.0200. The van der Waals surface area contributed by atoms with Crippen molar-refractivity contribution in [2.24, 2.45) is 11.1 Å². The van der Waals surface area contributed by atoms with Crippen molar-refractivity contribution in [2.45, 2.75) is 27.2 Å². The van der Waals surface area contributed by atoms with Gasteiger partial charge in [0.05, 0.1) is 0 Å². The second kappa shape index (κ2) is 5.52. The van der Waals surface area contributed by atoms with E-state index in [2.05, 4.69) is 5.32 Å². The van der Waals surface area contributed by atoms with Crippen LogP contribution in [0.3, 0.4) is 0 Å². The quantitative estimate of drug-likeness (QED) is 0.868. The van der Waals surface area contributed by atoms with Crippen molar-refractivity contribution in [3.8, 4) is 0 Å². The van der Waals surface area contributed by atoms with E-state index in [0.717, 1.165) is 11.3 Å². The maximum absolute atomic E-state index is 12.1. The fourth-order valence-electron chi connectivity index (χ4n) is 1.53. The molecule has 0 heterocycles. The van der Waals surface area contributed by atoms with Crippen LogP contribution in [0, 0.1) is 12.3 Å². The maximum atomic E-state index is 12.1. The molecule has 1 aromatic rings. The number of benzene rings is 1. The van der Waals surface area contributed by atoms with Crippen LogP contribution in [-0.2, 0) is 4.79 Å². The van der Waals surface area contributed by atoms with Gasteiger partial charge in [-0.15, -0.1) is 0 Å². The Labute approximate surface area is 107 Å². The van der Waals surface area contributed by atoms with Gasteiger partial charge >= 0.3 is 0 Å². The predicted molar refractivity (Wildman–Crippen MR) is 72.3 cm³/mol. The number of hydrogen-bond donors (Lipinski definition) is 2. The highest BCUT2D eigenvalue weighted by molar-refractivity contribution is 6.30. The molecule has 1 aromatic carbocycles. The summed E-state index contributed by atoms with van der Waals surface area (Å²) in [5.41, 5.74) is 6.79. The molecule has 0 aliphatic rings. The number of rotatable bonds is 4. The summed E-state index contributed by atoms with van der Waals surface area (Å²) in [4.78, 5) is 12.1. The fraction of sp³-hybridized carbons (Fsp3) is 0.462. The summed E-state index contributed by atoms with van der Waals surface area (Å²) in [5, 5.41) is 3.58. The Morgan fingerprint density at radius 3 is 2.65 bits per heavy atom. The molecule has 3 nitrogen and oxygen atoms in total. The molecule has 0 saturated heterocycles. The zero-order chi connectivity index (χ0) is 13.1. The molecule has 3 N–H and O–H groups in total. The van der Waals surface area contributed by atoms with Crippen LogP contribution in [0.2, 0.25) is 5.02 Å². The molecule has 0 radical (unpaired) electrons. The molecule has 94 valence electrons. The lowest BCUT2D eigenvalue weighted by Gasteiger charge is -2.23. The smallest absolute Gasteiger partial charge is 0.230 e. The SMILES string of the molecule is Cc1cc(Cl)ccc1NC(=O)C(C)(C)CCN. The Bertz CT molecular complexity index is 416. The van der Waals surface area contributed by atoms with E-state index in [0.29, 0.717) is 18.0 Å². The number of anilines is 1. The van der Waals surface area contributed by atoms with Gasteiger partial charge in [0.15, 0.2) is 0 Å². The number of halogens is 1. The normalized spacial score (nSPS) is 11.4. The summed E-state index contributed by atoms with van der Waals surface area (Å²) in [6.45, 7) is 6.19. The van der Waals surface area contributed by atoms with E-state index in [9.17, 15) is 4.79 Å². The van der Waals surface area contributed by atoms with Crippen LogP contribution >= 0.6 is 11.6 Å². The molecule has 4 heteroatoms. The van der Waals surface area contributed by atoms with Gasteiger partial charge < -0.3 is 11.1 Å². The average Bonchev–Trinajstić information content (AvgIpc) is 2.22. The first-order valence-corrected chi connectivity index (χ1v) is 6.02. The molecule has 0 unspecified atom stereocenters. The Balaban J connectivity index is 2.81. The van der Waals surface area contributed by atoms with E-state index < -0.39 is 5.41 Å². The molecule has 1 rings (SSSR count). The van der Waals surface area contributed by atoms with Crippen molar-refractivity contribution >= 4 is 23.2 Å². The third-order valence-electron chi connectivity index (χ3n) is 2.82. The first-order chi connectivity index (χ1) is 7.86. The number of nitrogens with one attached hydrogen (secondary N) is 1. The molecule has 0 fully saturated rings. The highest BCUT2D eigenvalue weighted by Crippen LogP contribution is 2.25. The molecule has 17 heavy (non-hydrogen) atoms. The topological polar surface area (TPSA) is 55.1 Å². The van der Waals surface area contributed by atoms with Crippen LogP contribution in [-0.4, -0.2) is 12.5 Å². The van der Waals surface area contributed by atoms with E-state index in [1.54, 1.807) is 6.07 Å². The first kappa shape index (κ1) is 14.0. The zero-order valence-electron chi connectivity index (χ0n) is 10.5. The summed E-state index contributed by atoms with van der Waals surface area (Å²) in [7, 11) is 0. The molecular formula is C13H19ClN2O. The molecule has 0 saturated carbocycles. The van der Waals surface area contributed by atoms with E-state index in [-0.39, 0.29) is 5.91 Å². The van der Waals surface area contributed by atoms with Crippen molar-refractivity contribution in [3.05, 3.63) is 28.8 Å². The number of carbonyl (C=O) groups is 1. The molecule has 0 aliphatic heterocycles. The third-order valence-corrected chi connectivity index (χ3v) is 3.06. The number of aryl methyl sites for hydroxylation is 1. The highest BCUT2D eigenvalue weighted by atomic mass is 35.5. The first-order valence-electron chi connectivity index (χ1n) is 5.64. The number of carbonyl (C=O) groups excluding carboxylic acids is 1. The van der Waals surface area contributed by atoms with Crippen LogP contribution in [0.1, 0.15) is 25.8 Å². The Morgan fingerprint density at radius 1 is 1.47 bits per heavy atom. The molecule has 0 aromatic heterocycles. The number of amides is 1. The average molecular weight is 255 g/mol. The van der Waals surface area contributed by atoms with Crippen LogP contribution in [0.15, 0.2) is 18.2 Å². The third kappa shape index (κ3) is 3.72. The Kier molecular flexibility index (Phi) is 4.54. The summed E-state index contributed by atoms with van der Waals surface area (Å²) in [6.07, 6.45) is 0.658. The van der Waals surface area contributed by atoms with Gasteiger partial charge in [0, 0.05) is 16.1 Å². The largest absolute Gasteiger partial charge is 0.330 e. The molecular weight excluding hydrogens is 236 g/mol. The molecule has 0 spiro atoms. The summed E-state index contributed by atoms with van der Waals surface area (Å²) in [6, 6.07) is 5.40. The van der Waals surface area contributed by atoms with E-state index >= 15 is 0 Å². The Morgan fingerprint density at radius 2 is 2.12 bits per heavy atom. The lowest BCUT2D eigenvalue weighted by atomic mass is 9.88. The standard InChI is InChI=1S/C13H19ClN2O/c1-9-8-10(14)4-5-11(9)16-12(17)13(2,3)6-7-15/h4-5,8H,6-7,15H2,1-3H3,(H,16,17). The van der Waals surface area contributed by atoms with Gasteiger partial charge in [0.25, 0.3) is 0 Å². The highest BCUT2D eigenvalue weighted by Gasteiger charge is 2.26. The summed E-state index contributed by atoms with van der Waals surface area (Å²) >= 11 is 5.86. The Hall–Kier alpha value is -1.06. The predicted octanol–water partition coefficient (Wildman–Crippen LogP) is 2.96. The van der Waals surface area contributed by atoms with Crippen molar-refractivity contribution < 1.29 is 4.79 Å². The molecule has 0 aliphatic carbocycles. The van der Waals surface area contributed by atoms with Crippen LogP contribution in [0.25, 0.3) is 0 Å². The maximum Gasteiger partial charge on any atom is 0.230 e. The number of hydrogen-bond acceptors (Lipinski definition) is 2. The van der Waals surface area contributed by atoms with Crippen LogP contribution in [0.4, 0.5) is 5.69 Å². The minimum Gasteiger partial charge on any atom is -0.330 e. The fourth-order valence-corrected chi connectivity index (χ4v) is 1.76. The van der Waals surface area contributed by atoms with Gasteiger partial charge in [-0.3, -0.25) is 4.79 Å². The van der Waals surface area contributed by atoms with Crippen molar-refractivity contribution in [1.82, 2.24) is 0 Å². The summed E-state index contributed by atoms with van der Waals surface area (Å²) in [5.74, 6) is -0.0200. The van der Waals surface area contributed by atoms with Crippen LogP contribution in [0.5, 0.6) is 0 Å². The van der Waals surface area contributed by atoms with Crippen molar-refractivity contribution in [2.75, 3.05) is 11.9 Å². The van der Waals surface area contributed by atoms with Gasteiger partial charge in [0.2, 0.25) is 5.91 Å². The van der Waals surface area contributed by atoms with Gasteiger partial charge in [-0.1, -0.05) is 25.4 Å². The van der Waals surface area contributed by atoms with Gasteiger partial charge in [-0.2, -0.15) is 0 Å². The van der Waals surface area contributed by atoms with E-state index in [4.69, 9.17) is 17.3 Å². The van der Waals surface area contributed by atoms with Crippen molar-refractivity contribution in [3.63, 3.8) is 0 Å². The molecule has 1 amide bonds. The van der Waals surface area contributed by atoms with E-state index in [1.807, 2.05) is 32.9 Å². The monoisotopic (exact) mass is 254 g/mol. The van der Waals surface area contributed by atoms with Gasteiger partial charge in [0.1, 0.15) is 0 Å². The van der Waals surface area contributed by atoms with E-state index in [1.165, 1.54) is 0 Å². The van der Waals surface area contributed by atoms with Crippen molar-refractivity contribution in [1.29, 1.82) is 0 Å². The number of nitrogens with two attached hydrogens (primary N) is 1. The van der Waals surface area contributed by atoms with Crippen LogP contribution < -0.4 is 11.1 Å². The second-order valence-electron chi connectivity index (χ2n) is 4.84. The molecule has 0 bridgehead atoms. The lowest BCUT2D eigenvalue weighted by molar-refractivity contribution is -0.124. The second-order valence-corrected chi connectivity index (χ2v) is 5.27. The zero-order valence-corrected chi connectivity index (χ0v) is 11.3. The van der Waals surface area contributed by atoms with Gasteiger partial charge in [-0.25, -0.2) is 0 Å².